The van der Waals surface area contributed by atoms with Gasteiger partial charge in [0, 0.05) is 6.61 Å². The second-order valence-electron chi connectivity index (χ2n) is 4.45. The fraction of sp³-hybridized carbons (Fsp3) is 0.727. The van der Waals surface area contributed by atoms with Gasteiger partial charge in [0.2, 0.25) is 0 Å². The van der Waals surface area contributed by atoms with Crippen LogP contribution < -0.4 is 15.8 Å². The smallest absolute Gasteiger partial charge is 0.197 e. The molecule has 0 radical (unpaired) electrons. The van der Waals surface area contributed by atoms with E-state index in [0.717, 1.165) is 31.1 Å². The van der Waals surface area contributed by atoms with Crippen LogP contribution in [-0.4, -0.2) is 29.7 Å². The van der Waals surface area contributed by atoms with Gasteiger partial charge in [-0.15, -0.1) is 0 Å². The molecular weight excluding hydrogens is 238 g/mol. The molecule has 2 heterocycles. The van der Waals surface area contributed by atoms with Crippen molar-refractivity contribution < 1.29 is 9.47 Å². The molecule has 1 atom stereocenters. The van der Waals surface area contributed by atoms with Gasteiger partial charge < -0.3 is 20.5 Å². The van der Waals surface area contributed by atoms with Gasteiger partial charge in [-0.25, -0.2) is 0 Å². The topological polar surface area (TPSA) is 69.4 Å². The summed E-state index contributed by atoms with van der Waals surface area (Å²) < 4.78 is 15.2. The summed E-state index contributed by atoms with van der Waals surface area (Å²) >= 11 is 1.35. The highest BCUT2D eigenvalue weighted by Crippen LogP contribution is 2.36. The van der Waals surface area contributed by atoms with Crippen molar-refractivity contribution in [3.63, 3.8) is 0 Å². The van der Waals surface area contributed by atoms with Gasteiger partial charge in [-0.1, -0.05) is 0 Å². The number of ether oxygens (including phenoxy) is 2. The summed E-state index contributed by atoms with van der Waals surface area (Å²) in [5, 5.41) is 4.31. The largest absolute Gasteiger partial charge is 0.484 e. The third kappa shape index (κ3) is 3.23. The monoisotopic (exact) mass is 257 g/mol. The van der Waals surface area contributed by atoms with Crippen molar-refractivity contribution in [1.29, 1.82) is 0 Å². The first-order valence-corrected chi connectivity index (χ1v) is 6.70. The molecule has 0 saturated carbocycles. The molecule has 0 aliphatic carbocycles. The Balaban J connectivity index is 2.04. The number of hydrogen-bond donors (Lipinski definition) is 2. The molecule has 1 unspecified atom stereocenters. The average molecular weight is 257 g/mol. The van der Waals surface area contributed by atoms with E-state index in [2.05, 4.69) is 9.69 Å². The zero-order valence-electron chi connectivity index (χ0n) is 10.2. The van der Waals surface area contributed by atoms with Crippen molar-refractivity contribution in [2.24, 2.45) is 0 Å². The van der Waals surface area contributed by atoms with Gasteiger partial charge in [-0.05, 0) is 38.2 Å². The molecule has 1 aliphatic rings. The van der Waals surface area contributed by atoms with E-state index in [0.29, 0.717) is 17.6 Å². The number of nitrogens with zero attached hydrogens (tertiary/aromatic N) is 1. The summed E-state index contributed by atoms with van der Waals surface area (Å²) in [6, 6.07) is 0.332. The van der Waals surface area contributed by atoms with E-state index in [-0.39, 0.29) is 6.10 Å². The third-order valence-corrected chi connectivity index (χ3v) is 3.30. The number of rotatable bonds is 4. The Hall–Kier alpha value is -1.01. The highest BCUT2D eigenvalue weighted by molar-refractivity contribution is 7.11. The first-order chi connectivity index (χ1) is 8.16. The van der Waals surface area contributed by atoms with Crippen molar-refractivity contribution in [3.8, 4) is 5.75 Å². The Morgan fingerprint density at radius 1 is 1.59 bits per heavy atom. The summed E-state index contributed by atoms with van der Waals surface area (Å²) in [4.78, 5) is 0. The maximum Gasteiger partial charge on any atom is 0.197 e. The SMILES string of the molecule is CC(C)Oc1c(N)nsc1NC1CCCOC1. The third-order valence-electron chi connectivity index (χ3n) is 2.52. The Morgan fingerprint density at radius 3 is 3.06 bits per heavy atom. The molecule has 2 rings (SSSR count). The molecule has 1 aromatic heterocycles. The second kappa shape index (κ2) is 5.55. The predicted octanol–water partition coefficient (Wildman–Crippen LogP) is 2.10. The summed E-state index contributed by atoms with van der Waals surface area (Å²) in [5.41, 5.74) is 5.80. The van der Waals surface area contributed by atoms with Gasteiger partial charge in [0.1, 0.15) is 0 Å². The Bertz CT molecular complexity index is 362. The van der Waals surface area contributed by atoms with Crippen LogP contribution in [0.15, 0.2) is 0 Å². The van der Waals surface area contributed by atoms with E-state index < -0.39 is 0 Å². The molecule has 1 saturated heterocycles. The number of hydrogen-bond acceptors (Lipinski definition) is 6. The fourth-order valence-electron chi connectivity index (χ4n) is 1.78. The molecule has 3 N–H and O–H groups in total. The number of nitrogens with one attached hydrogen (secondary N) is 1. The van der Waals surface area contributed by atoms with E-state index in [1.54, 1.807) is 0 Å². The minimum Gasteiger partial charge on any atom is -0.484 e. The van der Waals surface area contributed by atoms with Crippen LogP contribution in [0.3, 0.4) is 0 Å². The summed E-state index contributed by atoms with van der Waals surface area (Å²) in [6.07, 6.45) is 2.29. The number of nitrogen functional groups attached to an aromatic ring is 1. The minimum atomic E-state index is 0.0943. The van der Waals surface area contributed by atoms with Gasteiger partial charge in [0.25, 0.3) is 0 Å². The fourth-order valence-corrected chi connectivity index (χ4v) is 2.50. The molecule has 1 aliphatic heterocycles. The van der Waals surface area contributed by atoms with E-state index in [1.165, 1.54) is 11.5 Å². The van der Waals surface area contributed by atoms with Crippen molar-refractivity contribution in [1.82, 2.24) is 4.37 Å². The van der Waals surface area contributed by atoms with Crippen molar-refractivity contribution in [2.45, 2.75) is 38.8 Å². The van der Waals surface area contributed by atoms with Crippen molar-refractivity contribution >= 4 is 22.4 Å². The zero-order chi connectivity index (χ0) is 12.3. The van der Waals surface area contributed by atoms with E-state index in [9.17, 15) is 0 Å². The lowest BCUT2D eigenvalue weighted by Gasteiger charge is -2.23. The maximum atomic E-state index is 5.80. The van der Waals surface area contributed by atoms with E-state index in [4.69, 9.17) is 15.2 Å². The molecule has 0 bridgehead atoms. The van der Waals surface area contributed by atoms with Crippen molar-refractivity contribution in [3.05, 3.63) is 0 Å². The molecule has 0 amide bonds. The lowest BCUT2D eigenvalue weighted by molar-refractivity contribution is 0.0876. The average Bonchev–Trinajstić information content (AvgIpc) is 2.62. The Kier molecular flexibility index (Phi) is 4.06. The van der Waals surface area contributed by atoms with Crippen LogP contribution in [0.2, 0.25) is 0 Å². The standard InChI is InChI=1S/C11H19N3O2S/c1-7(2)16-9-10(12)14-17-11(9)13-8-4-3-5-15-6-8/h7-8,13H,3-6H2,1-2H3,(H2,12,14). The number of anilines is 2. The summed E-state index contributed by atoms with van der Waals surface area (Å²) in [7, 11) is 0. The molecule has 0 aromatic carbocycles. The van der Waals surface area contributed by atoms with Crippen LogP contribution in [-0.2, 0) is 4.74 Å². The van der Waals surface area contributed by atoms with Crippen LogP contribution in [0.4, 0.5) is 10.8 Å². The lowest BCUT2D eigenvalue weighted by Crippen LogP contribution is -2.29. The first-order valence-electron chi connectivity index (χ1n) is 5.93. The Labute approximate surface area is 105 Å². The number of nitrogens with two attached hydrogens (primary N) is 1. The first kappa shape index (κ1) is 12.4. The molecular formula is C11H19N3O2S. The van der Waals surface area contributed by atoms with Crippen LogP contribution in [0.25, 0.3) is 0 Å². The zero-order valence-corrected chi connectivity index (χ0v) is 11.0. The van der Waals surface area contributed by atoms with E-state index in [1.807, 2.05) is 13.8 Å². The van der Waals surface area contributed by atoms with Crippen molar-refractivity contribution in [2.75, 3.05) is 24.3 Å². The molecule has 17 heavy (non-hydrogen) atoms. The van der Waals surface area contributed by atoms with Gasteiger partial charge in [0.15, 0.2) is 16.6 Å². The minimum absolute atomic E-state index is 0.0943. The van der Waals surface area contributed by atoms with Crippen LogP contribution in [0, 0.1) is 0 Å². The molecule has 1 aromatic rings. The van der Waals surface area contributed by atoms with Crippen LogP contribution >= 0.6 is 11.5 Å². The summed E-state index contributed by atoms with van der Waals surface area (Å²) in [6.45, 7) is 5.55. The highest BCUT2D eigenvalue weighted by Gasteiger charge is 2.19. The number of aromatic nitrogens is 1. The predicted molar refractivity (Wildman–Crippen MR) is 69.8 cm³/mol. The molecule has 5 nitrogen and oxygen atoms in total. The van der Waals surface area contributed by atoms with Gasteiger partial charge >= 0.3 is 0 Å². The lowest BCUT2D eigenvalue weighted by atomic mass is 10.1. The normalized spacial score (nSPS) is 20.5. The van der Waals surface area contributed by atoms with Crippen LogP contribution in [0.1, 0.15) is 26.7 Å². The van der Waals surface area contributed by atoms with Gasteiger partial charge in [0.05, 0.1) is 18.8 Å². The maximum absolute atomic E-state index is 5.80. The highest BCUT2D eigenvalue weighted by atomic mass is 32.1. The quantitative estimate of drug-likeness (QED) is 0.864. The van der Waals surface area contributed by atoms with Crippen LogP contribution in [0.5, 0.6) is 5.75 Å². The van der Waals surface area contributed by atoms with Gasteiger partial charge in [-0.2, -0.15) is 4.37 Å². The van der Waals surface area contributed by atoms with Gasteiger partial charge in [-0.3, -0.25) is 0 Å². The Morgan fingerprint density at radius 2 is 2.41 bits per heavy atom. The second-order valence-corrected chi connectivity index (χ2v) is 5.22. The summed E-state index contributed by atoms with van der Waals surface area (Å²) in [5.74, 6) is 1.14. The molecule has 1 fully saturated rings. The van der Waals surface area contributed by atoms with E-state index >= 15 is 0 Å². The molecule has 6 heteroatoms. The molecule has 96 valence electrons. The molecule has 0 spiro atoms.